The topological polar surface area (TPSA) is 24.7 Å². The minimum absolute atomic E-state index is 0.954. The van der Waals surface area contributed by atoms with E-state index in [1.54, 1.807) is 0 Å². The first-order valence-electron chi connectivity index (χ1n) is 9.99. The lowest BCUT2D eigenvalue weighted by Crippen LogP contribution is -1.84. The monoisotopic (exact) mass is 384 g/mol. The van der Waals surface area contributed by atoms with Gasteiger partial charge in [-0.1, -0.05) is 84.9 Å². The molecule has 0 amide bonds. The van der Waals surface area contributed by atoms with Crippen LogP contribution in [-0.4, -0.2) is 12.4 Å². The van der Waals surface area contributed by atoms with Crippen LogP contribution in [0.5, 0.6) is 0 Å². The van der Waals surface area contributed by atoms with Crippen molar-refractivity contribution in [2.45, 2.75) is 0 Å². The Labute approximate surface area is 175 Å². The van der Waals surface area contributed by atoms with Gasteiger partial charge in [-0.15, -0.1) is 0 Å². The molecule has 0 fully saturated rings. The predicted molar refractivity (Wildman–Crippen MR) is 129 cm³/mol. The van der Waals surface area contributed by atoms with Crippen LogP contribution in [0.3, 0.4) is 0 Å². The van der Waals surface area contributed by atoms with Crippen molar-refractivity contribution in [1.82, 2.24) is 0 Å². The lowest BCUT2D eigenvalue weighted by Gasteiger charge is -2.00. The van der Waals surface area contributed by atoms with Gasteiger partial charge in [0.05, 0.1) is 11.4 Å². The fraction of sp³-hybridized carbons (Fsp3) is 0. The third-order valence-corrected chi connectivity index (χ3v) is 5.13. The van der Waals surface area contributed by atoms with Gasteiger partial charge >= 0.3 is 0 Å². The van der Waals surface area contributed by atoms with E-state index < -0.39 is 0 Å². The Balaban J connectivity index is 1.30. The highest BCUT2D eigenvalue weighted by molar-refractivity contribution is 5.90. The summed E-state index contributed by atoms with van der Waals surface area (Å²) in [5.74, 6) is 0. The summed E-state index contributed by atoms with van der Waals surface area (Å²) in [4.78, 5) is 9.24. The first kappa shape index (κ1) is 18.0. The number of aliphatic imine (C=N–C) groups is 2. The molecule has 142 valence electrons. The minimum atomic E-state index is 0.954. The summed E-state index contributed by atoms with van der Waals surface area (Å²) < 4.78 is 0. The van der Waals surface area contributed by atoms with Gasteiger partial charge in [0, 0.05) is 12.4 Å². The van der Waals surface area contributed by atoms with Crippen molar-refractivity contribution in [3.05, 3.63) is 120 Å². The molecule has 2 nitrogen and oxygen atoms in total. The molecule has 5 aromatic carbocycles. The normalized spacial score (nSPS) is 11.7. The molecule has 0 saturated heterocycles. The van der Waals surface area contributed by atoms with Gasteiger partial charge in [0.25, 0.3) is 0 Å². The maximum absolute atomic E-state index is 4.62. The van der Waals surface area contributed by atoms with Crippen LogP contribution in [0.4, 0.5) is 11.4 Å². The van der Waals surface area contributed by atoms with Gasteiger partial charge in [-0.2, -0.15) is 0 Å². The Kier molecular flexibility index (Phi) is 4.89. The standard InChI is InChI=1S/C28H20N2/c1-3-7-25-17-27(15-13-23(25)5-1)29-19-21-9-11-22(12-10-21)20-30-28-16-14-24-6-2-4-8-26(24)18-28/h1-20H. The quantitative estimate of drug-likeness (QED) is 0.287. The lowest BCUT2D eigenvalue weighted by molar-refractivity contribution is 1.53. The molecule has 30 heavy (non-hydrogen) atoms. The van der Waals surface area contributed by atoms with Crippen LogP contribution < -0.4 is 0 Å². The van der Waals surface area contributed by atoms with Gasteiger partial charge in [0.2, 0.25) is 0 Å². The molecule has 0 aliphatic carbocycles. The van der Waals surface area contributed by atoms with Crippen LogP contribution in [-0.2, 0) is 0 Å². The summed E-state index contributed by atoms with van der Waals surface area (Å²) in [5.41, 5.74) is 4.03. The van der Waals surface area contributed by atoms with Gasteiger partial charge in [-0.3, -0.25) is 9.98 Å². The Morgan fingerprint density at radius 3 is 1.23 bits per heavy atom. The molecule has 0 spiro atoms. The van der Waals surface area contributed by atoms with Gasteiger partial charge in [-0.25, -0.2) is 0 Å². The molecule has 0 aliphatic heterocycles. The summed E-state index contributed by atoms with van der Waals surface area (Å²) in [6.45, 7) is 0. The van der Waals surface area contributed by atoms with Crippen LogP contribution in [0, 0.1) is 0 Å². The van der Waals surface area contributed by atoms with E-state index in [1.807, 2.05) is 36.7 Å². The lowest BCUT2D eigenvalue weighted by atomic mass is 10.1. The van der Waals surface area contributed by atoms with Crippen LogP contribution in [0.2, 0.25) is 0 Å². The second-order valence-electron chi connectivity index (χ2n) is 7.25. The molecule has 0 aromatic heterocycles. The first-order chi connectivity index (χ1) is 14.8. The zero-order valence-corrected chi connectivity index (χ0v) is 16.4. The van der Waals surface area contributed by atoms with Gasteiger partial charge in [-0.05, 0) is 56.9 Å². The highest BCUT2D eigenvalue weighted by atomic mass is 14.7. The Hall–Kier alpha value is -4.04. The van der Waals surface area contributed by atoms with Crippen LogP contribution >= 0.6 is 0 Å². The molecule has 0 unspecified atom stereocenters. The van der Waals surface area contributed by atoms with Crippen molar-refractivity contribution in [2.24, 2.45) is 9.98 Å². The van der Waals surface area contributed by atoms with E-state index in [4.69, 9.17) is 0 Å². The fourth-order valence-corrected chi connectivity index (χ4v) is 3.48. The largest absolute Gasteiger partial charge is 0.256 e. The van der Waals surface area contributed by atoms with Crippen molar-refractivity contribution >= 4 is 45.3 Å². The van der Waals surface area contributed by atoms with E-state index in [0.29, 0.717) is 0 Å². The molecule has 0 saturated carbocycles. The van der Waals surface area contributed by atoms with E-state index in [2.05, 4.69) is 94.9 Å². The van der Waals surface area contributed by atoms with E-state index >= 15 is 0 Å². The highest BCUT2D eigenvalue weighted by Gasteiger charge is 1.96. The average molecular weight is 384 g/mol. The van der Waals surface area contributed by atoms with Crippen molar-refractivity contribution in [1.29, 1.82) is 0 Å². The molecule has 0 bridgehead atoms. The van der Waals surface area contributed by atoms with Crippen LogP contribution in [0.15, 0.2) is 119 Å². The van der Waals surface area contributed by atoms with Crippen LogP contribution in [0.25, 0.3) is 21.5 Å². The number of hydrogen-bond acceptors (Lipinski definition) is 2. The summed E-state index contributed by atoms with van der Waals surface area (Å²) in [7, 11) is 0. The molecular weight excluding hydrogens is 364 g/mol. The number of fused-ring (bicyclic) bond motifs is 2. The average Bonchev–Trinajstić information content (AvgIpc) is 2.82. The molecule has 5 aromatic rings. The van der Waals surface area contributed by atoms with Crippen molar-refractivity contribution < 1.29 is 0 Å². The number of rotatable bonds is 4. The summed E-state index contributed by atoms with van der Waals surface area (Å²) in [6, 6.07) is 37.4. The van der Waals surface area contributed by atoms with Crippen molar-refractivity contribution in [3.63, 3.8) is 0 Å². The maximum Gasteiger partial charge on any atom is 0.0636 e. The van der Waals surface area contributed by atoms with Crippen LogP contribution in [0.1, 0.15) is 11.1 Å². The Morgan fingerprint density at radius 1 is 0.400 bits per heavy atom. The predicted octanol–water partition coefficient (Wildman–Crippen LogP) is 7.49. The molecule has 0 aliphatic rings. The molecular formula is C28H20N2. The van der Waals surface area contributed by atoms with E-state index in [-0.39, 0.29) is 0 Å². The summed E-state index contributed by atoms with van der Waals surface area (Å²) in [6.07, 6.45) is 3.79. The Bertz CT molecular complexity index is 1270. The summed E-state index contributed by atoms with van der Waals surface area (Å²) >= 11 is 0. The third-order valence-electron chi connectivity index (χ3n) is 5.13. The number of nitrogens with zero attached hydrogens (tertiary/aromatic N) is 2. The molecule has 2 heteroatoms. The van der Waals surface area contributed by atoms with E-state index in [9.17, 15) is 0 Å². The SMILES string of the molecule is C(=Nc1ccc2ccccc2c1)c1ccc(C=Nc2ccc3ccccc3c2)cc1. The van der Waals surface area contributed by atoms with Gasteiger partial charge < -0.3 is 0 Å². The van der Waals surface area contributed by atoms with Gasteiger partial charge in [0.1, 0.15) is 0 Å². The Morgan fingerprint density at radius 2 is 0.800 bits per heavy atom. The summed E-state index contributed by atoms with van der Waals surface area (Å²) in [5, 5.41) is 4.86. The first-order valence-corrected chi connectivity index (χ1v) is 9.99. The molecule has 0 N–H and O–H groups in total. The minimum Gasteiger partial charge on any atom is -0.256 e. The van der Waals surface area contributed by atoms with Crippen molar-refractivity contribution in [3.8, 4) is 0 Å². The molecule has 0 heterocycles. The second kappa shape index (κ2) is 8.14. The molecule has 0 atom stereocenters. The number of hydrogen-bond donors (Lipinski definition) is 0. The zero-order chi connectivity index (χ0) is 20.2. The smallest absolute Gasteiger partial charge is 0.0636 e. The van der Waals surface area contributed by atoms with Gasteiger partial charge in [0.15, 0.2) is 0 Å². The zero-order valence-electron chi connectivity index (χ0n) is 16.4. The molecule has 5 rings (SSSR count). The molecule has 0 radical (unpaired) electrons. The maximum atomic E-state index is 4.62. The van der Waals surface area contributed by atoms with E-state index in [1.165, 1.54) is 21.5 Å². The van der Waals surface area contributed by atoms with Crippen molar-refractivity contribution in [2.75, 3.05) is 0 Å². The highest BCUT2D eigenvalue weighted by Crippen LogP contribution is 2.22. The second-order valence-corrected chi connectivity index (χ2v) is 7.25. The van der Waals surface area contributed by atoms with E-state index in [0.717, 1.165) is 22.5 Å². The number of benzene rings is 5. The third kappa shape index (κ3) is 4.03. The fourth-order valence-electron chi connectivity index (χ4n) is 3.48.